The third-order valence-corrected chi connectivity index (χ3v) is 14.9. The highest BCUT2D eigenvalue weighted by molar-refractivity contribution is 6.10. The van der Waals surface area contributed by atoms with Crippen molar-refractivity contribution in [2.45, 2.75) is 90.1 Å². The van der Waals surface area contributed by atoms with Gasteiger partial charge in [0.1, 0.15) is 0 Å². The second kappa shape index (κ2) is 13.5. The van der Waals surface area contributed by atoms with E-state index in [9.17, 15) is 0 Å². The molecule has 4 unspecified atom stereocenters. The maximum atomic E-state index is 15.4. The molecule has 4 heterocycles. The highest BCUT2D eigenvalue weighted by atomic mass is 16.1. The van der Waals surface area contributed by atoms with Crippen molar-refractivity contribution >= 4 is 55.9 Å². The van der Waals surface area contributed by atoms with Gasteiger partial charge in [-0.05, 0) is 125 Å². The smallest absolute Gasteiger partial charge is 0.197 e. The molecule has 3 aromatic heterocycles. The lowest BCUT2D eigenvalue weighted by atomic mass is 9.83. The Balaban J connectivity index is 1.25. The summed E-state index contributed by atoms with van der Waals surface area (Å²) in [5.74, 6) is 0.609. The van der Waals surface area contributed by atoms with Crippen LogP contribution in [0, 0.1) is 11.8 Å². The first kappa shape index (κ1) is 38.2. The van der Waals surface area contributed by atoms with E-state index in [1.807, 2.05) is 0 Å². The Labute approximate surface area is 368 Å². The van der Waals surface area contributed by atoms with Gasteiger partial charge >= 0.3 is 0 Å². The Hall–Kier alpha value is -6.46. The number of hydrogen-bond donors (Lipinski definition) is 0. The van der Waals surface area contributed by atoms with E-state index in [1.54, 1.807) is 0 Å². The molecule has 0 saturated carbocycles. The summed E-state index contributed by atoms with van der Waals surface area (Å²) < 4.78 is 4.69. The van der Waals surface area contributed by atoms with Crippen molar-refractivity contribution < 1.29 is 0 Å². The van der Waals surface area contributed by atoms with E-state index in [-0.39, 0.29) is 33.8 Å². The molecule has 5 heteroatoms. The van der Waals surface area contributed by atoms with E-state index in [0.29, 0.717) is 38.9 Å². The molecular weight excluding hydrogens is 771 g/mol. The van der Waals surface area contributed by atoms with Gasteiger partial charge in [0.2, 0.25) is 0 Å². The van der Waals surface area contributed by atoms with E-state index in [4.69, 9.17) is 0 Å². The monoisotopic (exact) mass is 823 g/mol. The normalized spacial score (nSPS) is 21.3. The molecule has 1 aliphatic heterocycles. The number of anilines is 1. The number of allylic oxidation sites excluding steroid dienone is 6. The van der Waals surface area contributed by atoms with Crippen LogP contribution in [0.5, 0.6) is 0 Å². The zero-order valence-corrected chi connectivity index (χ0v) is 37.1. The van der Waals surface area contributed by atoms with E-state index < -0.39 is 0 Å². The number of aromatic nitrogens is 2. The SMILES string of the molecule is CC(C)(C)c1ccc2c(c1)c(=O)c1cc(-c3c(N4C5C=CC=CC5C5C=CC=CC54)cccc3-n3c4c(c5c3C=CCC5)CCC=C4)cc3c(=O)c4cc(C(C)(C)C)ccc4n2c13. The molecule has 7 aromatic rings. The van der Waals surface area contributed by atoms with Crippen molar-refractivity contribution in [3.05, 3.63) is 182 Å². The minimum Gasteiger partial charge on any atom is -0.357 e. The minimum absolute atomic E-state index is 0.0457. The predicted molar refractivity (Wildman–Crippen MR) is 264 cm³/mol. The molecular formula is C58H53N3O2. The highest BCUT2D eigenvalue weighted by Crippen LogP contribution is 2.50. The maximum absolute atomic E-state index is 15.4. The van der Waals surface area contributed by atoms with Crippen molar-refractivity contribution in [3.63, 3.8) is 0 Å². The van der Waals surface area contributed by atoms with Crippen LogP contribution in [0.4, 0.5) is 5.69 Å². The first-order chi connectivity index (χ1) is 30.4. The van der Waals surface area contributed by atoms with E-state index in [2.05, 4.69) is 195 Å². The number of hydrogen-bond acceptors (Lipinski definition) is 3. The quantitative estimate of drug-likeness (QED) is 0.132. The third-order valence-electron chi connectivity index (χ3n) is 14.9. The fourth-order valence-electron chi connectivity index (χ4n) is 11.7. The molecule has 5 aliphatic rings. The summed E-state index contributed by atoms with van der Waals surface area (Å²) in [6, 6.07) is 23.9. The van der Waals surface area contributed by atoms with Crippen molar-refractivity contribution in [3.8, 4) is 16.8 Å². The van der Waals surface area contributed by atoms with Crippen LogP contribution in [0.25, 0.3) is 67.1 Å². The Morgan fingerprint density at radius 3 is 1.56 bits per heavy atom. The van der Waals surface area contributed by atoms with Crippen molar-refractivity contribution in [2.24, 2.45) is 11.8 Å². The van der Waals surface area contributed by atoms with Crippen molar-refractivity contribution in [1.82, 2.24) is 8.97 Å². The van der Waals surface area contributed by atoms with Crippen LogP contribution in [0.15, 0.2) is 137 Å². The van der Waals surface area contributed by atoms with E-state index >= 15 is 9.59 Å². The molecule has 0 spiro atoms. The van der Waals surface area contributed by atoms with Crippen LogP contribution in [0.1, 0.15) is 88.0 Å². The summed E-state index contributed by atoms with van der Waals surface area (Å²) >= 11 is 0. The van der Waals surface area contributed by atoms with Crippen LogP contribution >= 0.6 is 0 Å². The predicted octanol–water partition coefficient (Wildman–Crippen LogP) is 12.6. The molecule has 0 N–H and O–H groups in total. The van der Waals surface area contributed by atoms with Gasteiger partial charge < -0.3 is 13.9 Å². The first-order valence-electron chi connectivity index (χ1n) is 23.0. The topological polar surface area (TPSA) is 46.7 Å². The number of benzene rings is 4. The van der Waals surface area contributed by atoms with Gasteiger partial charge in [-0.25, -0.2) is 0 Å². The molecule has 4 aliphatic carbocycles. The van der Waals surface area contributed by atoms with Crippen LogP contribution in [0.2, 0.25) is 0 Å². The summed E-state index contributed by atoms with van der Waals surface area (Å²) in [6.45, 7) is 13.2. The zero-order valence-electron chi connectivity index (χ0n) is 37.1. The lowest BCUT2D eigenvalue weighted by molar-refractivity contribution is 0.527. The molecule has 12 rings (SSSR count). The summed E-state index contributed by atoms with van der Waals surface area (Å²) in [7, 11) is 0. The number of pyridine rings is 2. The molecule has 4 aromatic carbocycles. The zero-order chi connectivity index (χ0) is 43.1. The van der Waals surface area contributed by atoms with Crippen LogP contribution in [-0.2, 0) is 23.7 Å². The van der Waals surface area contributed by atoms with Gasteiger partial charge in [-0.2, -0.15) is 0 Å². The van der Waals surface area contributed by atoms with E-state index in [1.165, 1.54) is 22.5 Å². The summed E-state index contributed by atoms with van der Waals surface area (Å²) in [4.78, 5) is 33.5. The molecule has 0 amide bonds. The molecule has 4 atom stereocenters. The lowest BCUT2D eigenvalue weighted by Gasteiger charge is -2.35. The standard InChI is InChI=1S/C58H53N3O2/c1-57(2,3)35-26-28-49-41(32-35)55(62)43-30-34(31-44-54(43)61(49)50-29-27-36(58(4,5)6)33-42(50)56(44)63)53-51(59-45-20-11-7-16-37(45)38-17-8-12-21-46(38)59)24-15-25-52(53)60-47-22-13-9-18-39(47)40-19-10-14-23-48(40)60/h7-8,11-17,20-33,37-38,45-46H,9-10,18-19H2,1-6H3. The first-order valence-corrected chi connectivity index (χ1v) is 23.0. The average Bonchev–Trinajstić information content (AvgIpc) is 3.80. The van der Waals surface area contributed by atoms with Gasteiger partial charge in [-0.1, -0.05) is 121 Å². The Bertz CT molecular complexity index is 3250. The Morgan fingerprint density at radius 2 is 1.05 bits per heavy atom. The van der Waals surface area contributed by atoms with Gasteiger partial charge in [-0.15, -0.1) is 0 Å². The molecule has 1 saturated heterocycles. The van der Waals surface area contributed by atoms with Crippen molar-refractivity contribution in [2.75, 3.05) is 4.90 Å². The third kappa shape index (κ3) is 5.54. The molecule has 63 heavy (non-hydrogen) atoms. The number of nitrogens with zero attached hydrogens (tertiary/aromatic N) is 3. The number of rotatable bonds is 3. The average molecular weight is 824 g/mol. The van der Waals surface area contributed by atoms with E-state index in [0.717, 1.165) is 70.3 Å². The lowest BCUT2D eigenvalue weighted by Crippen LogP contribution is -2.37. The van der Waals surface area contributed by atoms with Gasteiger partial charge in [0.15, 0.2) is 10.9 Å². The largest absolute Gasteiger partial charge is 0.357 e. The summed E-state index contributed by atoms with van der Waals surface area (Å²) in [6.07, 6.45) is 31.6. The second-order valence-corrected chi connectivity index (χ2v) is 20.6. The van der Waals surface area contributed by atoms with Gasteiger partial charge in [0.05, 0.1) is 34.3 Å². The summed E-state index contributed by atoms with van der Waals surface area (Å²) in [5, 5.41) is 2.46. The van der Waals surface area contributed by atoms with Crippen LogP contribution in [-0.4, -0.2) is 21.1 Å². The molecule has 1 fully saturated rings. The second-order valence-electron chi connectivity index (χ2n) is 20.6. The Kier molecular flexibility index (Phi) is 8.21. The molecule has 312 valence electrons. The van der Waals surface area contributed by atoms with Gasteiger partial charge in [-0.3, -0.25) is 9.59 Å². The summed E-state index contributed by atoms with van der Waals surface area (Å²) in [5.41, 5.74) is 13.5. The van der Waals surface area contributed by atoms with Gasteiger partial charge in [0.25, 0.3) is 0 Å². The van der Waals surface area contributed by atoms with Crippen molar-refractivity contribution in [1.29, 1.82) is 0 Å². The fourth-order valence-corrected chi connectivity index (χ4v) is 11.7. The van der Waals surface area contributed by atoms with Crippen LogP contribution in [0.3, 0.4) is 0 Å². The molecule has 0 radical (unpaired) electrons. The molecule has 5 nitrogen and oxygen atoms in total. The fraction of sp³-hybridized carbons (Fsp3) is 0.276. The Morgan fingerprint density at radius 1 is 0.556 bits per heavy atom. The molecule has 0 bridgehead atoms. The maximum Gasteiger partial charge on any atom is 0.197 e. The highest BCUT2D eigenvalue weighted by Gasteiger charge is 2.46. The van der Waals surface area contributed by atoms with Crippen LogP contribution < -0.4 is 15.8 Å². The van der Waals surface area contributed by atoms with Gasteiger partial charge in [0, 0.05) is 56.0 Å². The number of fused-ring (bicyclic) bond motifs is 10. The minimum atomic E-state index is -0.164.